The molecule has 0 atom stereocenters. The van der Waals surface area contributed by atoms with Crippen LogP contribution >= 0.6 is 0 Å². The van der Waals surface area contributed by atoms with Crippen LogP contribution in [0, 0.1) is 0 Å². The molecule has 1 rings (SSSR count). The van der Waals surface area contributed by atoms with Crippen LogP contribution in [-0.4, -0.2) is 46.6 Å². The van der Waals surface area contributed by atoms with E-state index in [9.17, 15) is 0 Å². The fraction of sp³-hybridized carbons (Fsp3) is 0.714. The predicted octanol–water partition coefficient (Wildman–Crippen LogP) is 2.44. The Labute approximate surface area is 116 Å². The Hall–Kier alpha value is -1.36. The van der Waals surface area contributed by atoms with Crippen LogP contribution in [0.1, 0.15) is 34.6 Å². The minimum absolute atomic E-state index is 0.560. The molecule has 0 aliphatic rings. The van der Waals surface area contributed by atoms with Gasteiger partial charge in [-0.1, -0.05) is 0 Å². The van der Waals surface area contributed by atoms with Crippen LogP contribution in [0.4, 0.5) is 11.8 Å². The summed E-state index contributed by atoms with van der Waals surface area (Å²) >= 11 is 0. The van der Waals surface area contributed by atoms with Gasteiger partial charge in [0, 0.05) is 37.9 Å². The molecule has 0 fully saturated rings. The van der Waals surface area contributed by atoms with Gasteiger partial charge in [0.2, 0.25) is 5.95 Å². The van der Waals surface area contributed by atoms with E-state index in [0.29, 0.717) is 18.0 Å². The van der Waals surface area contributed by atoms with E-state index in [2.05, 4.69) is 53.2 Å². The molecule has 0 aromatic carbocycles. The zero-order valence-electron chi connectivity index (χ0n) is 12.8. The van der Waals surface area contributed by atoms with E-state index in [4.69, 9.17) is 0 Å². The van der Waals surface area contributed by atoms with E-state index >= 15 is 0 Å². The molecule has 108 valence electrons. The van der Waals surface area contributed by atoms with Crippen molar-refractivity contribution in [1.29, 1.82) is 0 Å². The Morgan fingerprint density at radius 1 is 1.16 bits per heavy atom. The molecule has 0 saturated heterocycles. The number of nitrogens with zero attached hydrogens (tertiary/aromatic N) is 3. The number of hydrogen-bond donors (Lipinski definition) is 2. The largest absolute Gasteiger partial charge is 0.369 e. The van der Waals surface area contributed by atoms with Crippen molar-refractivity contribution in [1.82, 2.24) is 14.9 Å². The van der Waals surface area contributed by atoms with Crippen molar-refractivity contribution in [2.24, 2.45) is 0 Å². The van der Waals surface area contributed by atoms with Crippen LogP contribution in [0.5, 0.6) is 0 Å². The highest BCUT2D eigenvalue weighted by atomic mass is 15.2. The molecule has 5 nitrogen and oxygen atoms in total. The van der Waals surface area contributed by atoms with E-state index in [-0.39, 0.29) is 0 Å². The molecular formula is C14H27N5. The van der Waals surface area contributed by atoms with Crippen molar-refractivity contribution in [3.05, 3.63) is 12.3 Å². The molecule has 2 N–H and O–H groups in total. The molecule has 0 spiro atoms. The first kappa shape index (κ1) is 15.7. The summed E-state index contributed by atoms with van der Waals surface area (Å²) in [5.74, 6) is 1.55. The van der Waals surface area contributed by atoms with E-state index in [1.54, 1.807) is 6.20 Å². The van der Waals surface area contributed by atoms with E-state index in [1.165, 1.54) is 0 Å². The maximum absolute atomic E-state index is 4.40. The van der Waals surface area contributed by atoms with Crippen LogP contribution in [-0.2, 0) is 0 Å². The summed E-state index contributed by atoms with van der Waals surface area (Å²) in [6.07, 6.45) is 1.77. The summed E-state index contributed by atoms with van der Waals surface area (Å²) in [6, 6.07) is 3.02. The summed E-state index contributed by atoms with van der Waals surface area (Å²) in [6.45, 7) is 13.7. The second kappa shape index (κ2) is 7.94. The average molecular weight is 265 g/mol. The van der Waals surface area contributed by atoms with Gasteiger partial charge in [-0.05, 0) is 40.7 Å². The molecule has 1 heterocycles. The average Bonchev–Trinajstić information content (AvgIpc) is 2.34. The van der Waals surface area contributed by atoms with Crippen LogP contribution in [0.15, 0.2) is 12.3 Å². The SMILES string of the molecule is CCNc1nccc(NCCN(C(C)C)C(C)C)n1. The summed E-state index contributed by atoms with van der Waals surface area (Å²) in [5, 5.41) is 6.46. The Morgan fingerprint density at radius 3 is 2.42 bits per heavy atom. The fourth-order valence-corrected chi connectivity index (χ4v) is 2.13. The summed E-state index contributed by atoms with van der Waals surface area (Å²) in [4.78, 5) is 11.0. The summed E-state index contributed by atoms with van der Waals surface area (Å²) < 4.78 is 0. The highest BCUT2D eigenvalue weighted by molar-refractivity contribution is 5.39. The van der Waals surface area contributed by atoms with Gasteiger partial charge in [-0.2, -0.15) is 4.98 Å². The predicted molar refractivity (Wildman–Crippen MR) is 81.7 cm³/mol. The summed E-state index contributed by atoms with van der Waals surface area (Å²) in [7, 11) is 0. The van der Waals surface area contributed by atoms with Gasteiger partial charge in [-0.15, -0.1) is 0 Å². The number of aromatic nitrogens is 2. The second-order valence-electron chi connectivity index (χ2n) is 5.15. The Morgan fingerprint density at radius 2 is 1.84 bits per heavy atom. The number of anilines is 2. The fourth-order valence-electron chi connectivity index (χ4n) is 2.13. The lowest BCUT2D eigenvalue weighted by Gasteiger charge is -2.30. The van der Waals surface area contributed by atoms with Crippen molar-refractivity contribution in [2.45, 2.75) is 46.7 Å². The van der Waals surface area contributed by atoms with E-state index in [1.807, 2.05) is 13.0 Å². The highest BCUT2D eigenvalue weighted by Gasteiger charge is 2.12. The van der Waals surface area contributed by atoms with E-state index < -0.39 is 0 Å². The Bertz CT molecular complexity index is 357. The Balaban J connectivity index is 2.45. The van der Waals surface area contributed by atoms with Gasteiger partial charge in [0.05, 0.1) is 0 Å². The molecule has 1 aromatic heterocycles. The van der Waals surface area contributed by atoms with Crippen molar-refractivity contribution < 1.29 is 0 Å². The first-order chi connectivity index (χ1) is 9.04. The zero-order chi connectivity index (χ0) is 14.3. The zero-order valence-corrected chi connectivity index (χ0v) is 12.8. The molecule has 5 heteroatoms. The van der Waals surface area contributed by atoms with Gasteiger partial charge >= 0.3 is 0 Å². The standard InChI is InChI=1S/C14H27N5/c1-6-15-14-17-8-7-13(18-14)16-9-10-19(11(2)3)12(4)5/h7-8,11-12H,6,9-10H2,1-5H3,(H2,15,16,17,18). The van der Waals surface area contributed by atoms with Crippen molar-refractivity contribution in [2.75, 3.05) is 30.3 Å². The third-order valence-corrected chi connectivity index (χ3v) is 2.99. The molecule has 0 unspecified atom stereocenters. The molecule has 0 amide bonds. The Kier molecular flexibility index (Phi) is 6.56. The molecule has 0 aliphatic carbocycles. The number of nitrogens with one attached hydrogen (secondary N) is 2. The smallest absolute Gasteiger partial charge is 0.224 e. The van der Waals surface area contributed by atoms with Gasteiger partial charge in [-0.3, -0.25) is 4.90 Å². The van der Waals surface area contributed by atoms with Crippen molar-refractivity contribution >= 4 is 11.8 Å². The van der Waals surface area contributed by atoms with Gasteiger partial charge in [0.1, 0.15) is 5.82 Å². The van der Waals surface area contributed by atoms with Crippen LogP contribution in [0.25, 0.3) is 0 Å². The topological polar surface area (TPSA) is 53.1 Å². The van der Waals surface area contributed by atoms with Gasteiger partial charge in [-0.25, -0.2) is 4.98 Å². The maximum Gasteiger partial charge on any atom is 0.224 e. The quantitative estimate of drug-likeness (QED) is 0.756. The molecule has 0 bridgehead atoms. The van der Waals surface area contributed by atoms with Crippen LogP contribution < -0.4 is 10.6 Å². The second-order valence-corrected chi connectivity index (χ2v) is 5.15. The molecule has 0 aliphatic heterocycles. The molecule has 19 heavy (non-hydrogen) atoms. The minimum Gasteiger partial charge on any atom is -0.369 e. The lowest BCUT2D eigenvalue weighted by atomic mass is 10.2. The van der Waals surface area contributed by atoms with E-state index in [0.717, 1.165) is 25.5 Å². The molecule has 0 radical (unpaired) electrons. The molecule has 1 aromatic rings. The molecule has 0 saturated carbocycles. The number of rotatable bonds is 8. The first-order valence-electron chi connectivity index (χ1n) is 7.11. The van der Waals surface area contributed by atoms with Crippen molar-refractivity contribution in [3.63, 3.8) is 0 Å². The minimum atomic E-state index is 0.560. The lowest BCUT2D eigenvalue weighted by Crippen LogP contribution is -2.40. The summed E-state index contributed by atoms with van der Waals surface area (Å²) in [5.41, 5.74) is 0. The molecular weight excluding hydrogens is 238 g/mol. The van der Waals surface area contributed by atoms with Gasteiger partial charge in [0.15, 0.2) is 0 Å². The lowest BCUT2D eigenvalue weighted by molar-refractivity contribution is 0.182. The third kappa shape index (κ3) is 5.42. The van der Waals surface area contributed by atoms with Gasteiger partial charge < -0.3 is 10.6 Å². The maximum atomic E-state index is 4.40. The normalized spacial score (nSPS) is 11.4. The van der Waals surface area contributed by atoms with Crippen LogP contribution in [0.2, 0.25) is 0 Å². The number of hydrogen-bond acceptors (Lipinski definition) is 5. The monoisotopic (exact) mass is 265 g/mol. The first-order valence-corrected chi connectivity index (χ1v) is 7.11. The van der Waals surface area contributed by atoms with Crippen LogP contribution in [0.3, 0.4) is 0 Å². The highest BCUT2D eigenvalue weighted by Crippen LogP contribution is 2.07. The van der Waals surface area contributed by atoms with Crippen molar-refractivity contribution in [3.8, 4) is 0 Å². The third-order valence-electron chi connectivity index (χ3n) is 2.99. The van der Waals surface area contributed by atoms with Gasteiger partial charge in [0.25, 0.3) is 0 Å².